The zero-order chi connectivity index (χ0) is 23.2. The van der Waals surface area contributed by atoms with Crippen molar-refractivity contribution in [3.63, 3.8) is 0 Å². The molecule has 6 heteroatoms. The van der Waals surface area contributed by atoms with Crippen LogP contribution in [0, 0.1) is 13.8 Å². The first-order valence-corrected chi connectivity index (χ1v) is 10.7. The molecular formula is C27H24N2O4. The number of oxazole rings is 1. The number of benzene rings is 3. The zero-order valence-corrected chi connectivity index (χ0v) is 18.7. The molecule has 0 fully saturated rings. The van der Waals surface area contributed by atoms with E-state index >= 15 is 0 Å². The highest BCUT2D eigenvalue weighted by atomic mass is 16.5. The largest absolute Gasteiger partial charge is 0.497 e. The number of fused-ring (bicyclic) bond motifs is 1. The van der Waals surface area contributed by atoms with Gasteiger partial charge in [0, 0.05) is 11.1 Å². The topological polar surface area (TPSA) is 75.8 Å². The maximum absolute atomic E-state index is 13.7. The van der Waals surface area contributed by atoms with Crippen LogP contribution in [-0.4, -0.2) is 23.1 Å². The van der Waals surface area contributed by atoms with Gasteiger partial charge in [0.15, 0.2) is 5.60 Å². The van der Waals surface area contributed by atoms with E-state index in [0.29, 0.717) is 34.2 Å². The second kappa shape index (κ2) is 7.90. The summed E-state index contributed by atoms with van der Waals surface area (Å²) in [6.45, 7) is 3.96. The SMILES string of the molecule is COc1ccc(-c2nc(CN3C(=O)[C@@](O)(c4cccc(C)c4)c4ccccc43)c(C)o2)cc1. The Balaban J connectivity index is 1.52. The normalized spacial score (nSPS) is 17.3. The summed E-state index contributed by atoms with van der Waals surface area (Å²) in [5.41, 5.74) is 2.46. The molecule has 5 rings (SSSR count). The molecule has 1 N–H and O–H groups in total. The lowest BCUT2D eigenvalue weighted by molar-refractivity contribution is -0.132. The number of hydrogen-bond donors (Lipinski definition) is 1. The molecule has 1 aliphatic rings. The summed E-state index contributed by atoms with van der Waals surface area (Å²) in [6.07, 6.45) is 0. The average Bonchev–Trinajstić information content (AvgIpc) is 3.31. The van der Waals surface area contributed by atoms with E-state index in [-0.39, 0.29) is 6.54 Å². The van der Waals surface area contributed by atoms with Gasteiger partial charge < -0.3 is 19.2 Å². The molecule has 0 saturated heterocycles. The third-order valence-electron chi connectivity index (χ3n) is 6.11. The van der Waals surface area contributed by atoms with Gasteiger partial charge in [-0.3, -0.25) is 4.79 Å². The minimum Gasteiger partial charge on any atom is -0.497 e. The van der Waals surface area contributed by atoms with E-state index < -0.39 is 11.5 Å². The summed E-state index contributed by atoms with van der Waals surface area (Å²) < 4.78 is 11.1. The van der Waals surface area contributed by atoms with E-state index in [1.807, 2.05) is 74.5 Å². The maximum Gasteiger partial charge on any atom is 0.268 e. The Kier molecular flexibility index (Phi) is 5.02. The molecule has 3 aromatic carbocycles. The van der Waals surface area contributed by atoms with Crippen LogP contribution in [0.5, 0.6) is 5.75 Å². The van der Waals surface area contributed by atoms with Crippen LogP contribution in [0.15, 0.2) is 77.2 Å². The quantitative estimate of drug-likeness (QED) is 0.485. The Morgan fingerprint density at radius 3 is 2.52 bits per heavy atom. The van der Waals surface area contributed by atoms with Crippen molar-refractivity contribution in [3.05, 3.63) is 101 Å². The van der Waals surface area contributed by atoms with E-state index in [9.17, 15) is 9.90 Å². The van der Waals surface area contributed by atoms with E-state index in [1.54, 1.807) is 24.1 Å². The molecule has 0 bridgehead atoms. The highest BCUT2D eigenvalue weighted by Crippen LogP contribution is 2.45. The van der Waals surface area contributed by atoms with E-state index in [2.05, 4.69) is 4.98 Å². The Labute approximate surface area is 192 Å². The number of methoxy groups -OCH3 is 1. The second-order valence-corrected chi connectivity index (χ2v) is 8.24. The number of aryl methyl sites for hydroxylation is 2. The van der Waals surface area contributed by atoms with Crippen molar-refractivity contribution in [3.8, 4) is 17.2 Å². The molecule has 2 heterocycles. The van der Waals surface area contributed by atoms with Crippen molar-refractivity contribution in [2.24, 2.45) is 0 Å². The molecule has 1 aliphatic heterocycles. The molecular weight excluding hydrogens is 416 g/mol. The number of anilines is 1. The number of amides is 1. The van der Waals surface area contributed by atoms with Crippen LogP contribution in [0.2, 0.25) is 0 Å². The lowest BCUT2D eigenvalue weighted by Gasteiger charge is -2.24. The molecule has 0 aliphatic carbocycles. The van der Waals surface area contributed by atoms with Crippen molar-refractivity contribution in [2.45, 2.75) is 26.0 Å². The fourth-order valence-electron chi connectivity index (χ4n) is 4.32. The maximum atomic E-state index is 13.7. The fraction of sp³-hybridized carbons (Fsp3) is 0.185. The molecule has 0 saturated carbocycles. The van der Waals surface area contributed by atoms with Crippen molar-refractivity contribution in [2.75, 3.05) is 12.0 Å². The van der Waals surface area contributed by atoms with E-state index in [1.165, 1.54) is 0 Å². The van der Waals surface area contributed by atoms with Crippen LogP contribution in [0.25, 0.3) is 11.5 Å². The minimum absolute atomic E-state index is 0.190. The van der Waals surface area contributed by atoms with Gasteiger partial charge in [0.05, 0.1) is 19.3 Å². The number of ether oxygens (including phenoxy) is 1. The van der Waals surface area contributed by atoms with Gasteiger partial charge in [0.1, 0.15) is 17.2 Å². The van der Waals surface area contributed by atoms with Gasteiger partial charge in [-0.05, 0) is 49.7 Å². The van der Waals surface area contributed by atoms with Crippen LogP contribution < -0.4 is 9.64 Å². The molecule has 1 atom stereocenters. The lowest BCUT2D eigenvalue weighted by atomic mass is 9.87. The predicted octanol–water partition coefficient (Wildman–Crippen LogP) is 4.75. The van der Waals surface area contributed by atoms with Crippen LogP contribution in [-0.2, 0) is 16.9 Å². The van der Waals surface area contributed by atoms with Gasteiger partial charge in [0.2, 0.25) is 5.89 Å². The first-order chi connectivity index (χ1) is 15.9. The monoisotopic (exact) mass is 440 g/mol. The first-order valence-electron chi connectivity index (χ1n) is 10.7. The van der Waals surface area contributed by atoms with Gasteiger partial charge in [-0.15, -0.1) is 0 Å². The minimum atomic E-state index is -1.75. The molecule has 6 nitrogen and oxygen atoms in total. The van der Waals surface area contributed by atoms with Crippen molar-refractivity contribution < 1.29 is 19.1 Å². The fourth-order valence-corrected chi connectivity index (χ4v) is 4.32. The number of carbonyl (C=O) groups is 1. The molecule has 0 spiro atoms. The third-order valence-corrected chi connectivity index (χ3v) is 6.11. The summed E-state index contributed by atoms with van der Waals surface area (Å²) in [5, 5.41) is 11.7. The number of para-hydroxylation sites is 1. The lowest BCUT2D eigenvalue weighted by Crippen LogP contribution is -2.41. The van der Waals surface area contributed by atoms with Crippen LogP contribution in [0.1, 0.15) is 28.1 Å². The number of carbonyl (C=O) groups excluding carboxylic acids is 1. The molecule has 0 radical (unpaired) electrons. The molecule has 1 aromatic heterocycles. The first kappa shape index (κ1) is 21.0. The molecule has 4 aromatic rings. The summed E-state index contributed by atoms with van der Waals surface area (Å²) in [7, 11) is 1.62. The molecule has 1 amide bonds. The van der Waals surface area contributed by atoms with Crippen molar-refractivity contribution >= 4 is 11.6 Å². The predicted molar refractivity (Wildman–Crippen MR) is 125 cm³/mol. The van der Waals surface area contributed by atoms with Gasteiger partial charge >= 0.3 is 0 Å². The summed E-state index contributed by atoms with van der Waals surface area (Å²) in [6, 6.07) is 22.2. The number of rotatable bonds is 5. The molecule has 0 unspecified atom stereocenters. The van der Waals surface area contributed by atoms with E-state index in [4.69, 9.17) is 9.15 Å². The smallest absolute Gasteiger partial charge is 0.268 e. The standard InChI is InChI=1S/C27H24N2O4/c1-17-7-6-8-20(15-17)27(31)22-9-4-5-10-24(22)29(26(27)30)16-23-18(2)33-25(28-23)19-11-13-21(32-3)14-12-19/h4-15,31H,16H2,1-3H3/t27-/m1/s1. The molecule has 33 heavy (non-hydrogen) atoms. The van der Waals surface area contributed by atoms with Gasteiger partial charge in [-0.2, -0.15) is 0 Å². The average molecular weight is 440 g/mol. The summed E-state index contributed by atoms with van der Waals surface area (Å²) >= 11 is 0. The highest BCUT2D eigenvalue weighted by molar-refractivity contribution is 6.09. The number of hydrogen-bond acceptors (Lipinski definition) is 5. The Morgan fingerprint density at radius 2 is 1.79 bits per heavy atom. The van der Waals surface area contributed by atoms with Crippen LogP contribution in [0.3, 0.4) is 0 Å². The number of nitrogens with zero attached hydrogens (tertiary/aromatic N) is 2. The van der Waals surface area contributed by atoms with Crippen molar-refractivity contribution in [1.82, 2.24) is 4.98 Å². The highest BCUT2D eigenvalue weighted by Gasteiger charge is 2.51. The third kappa shape index (κ3) is 3.39. The van der Waals surface area contributed by atoms with Crippen LogP contribution >= 0.6 is 0 Å². The van der Waals surface area contributed by atoms with Gasteiger partial charge in [-0.25, -0.2) is 4.98 Å². The molecule has 166 valence electrons. The zero-order valence-electron chi connectivity index (χ0n) is 18.7. The summed E-state index contributed by atoms with van der Waals surface area (Å²) in [4.78, 5) is 19.9. The Hall–Kier alpha value is -3.90. The Morgan fingerprint density at radius 1 is 1.03 bits per heavy atom. The Bertz CT molecular complexity index is 1340. The van der Waals surface area contributed by atoms with E-state index in [0.717, 1.165) is 16.9 Å². The van der Waals surface area contributed by atoms with Crippen LogP contribution in [0.4, 0.5) is 5.69 Å². The van der Waals surface area contributed by atoms with Gasteiger partial charge in [-0.1, -0.05) is 48.0 Å². The summed E-state index contributed by atoms with van der Waals surface area (Å²) in [5.74, 6) is 1.44. The number of aliphatic hydroxyl groups is 1. The second-order valence-electron chi connectivity index (χ2n) is 8.24. The van der Waals surface area contributed by atoms with Crippen molar-refractivity contribution in [1.29, 1.82) is 0 Å². The van der Waals surface area contributed by atoms with Gasteiger partial charge in [0.25, 0.3) is 5.91 Å². The number of aromatic nitrogens is 1.